The minimum Gasteiger partial charge on any atom is -0.452 e. The number of carbonyl (C=O) groups excluding carboxylic acids is 3. The number of carbonyl (C=O) groups is 3. The Kier molecular flexibility index (Phi) is 5.95. The van der Waals surface area contributed by atoms with Crippen LogP contribution in [-0.4, -0.2) is 36.2 Å². The minimum atomic E-state index is -0.598. The van der Waals surface area contributed by atoms with Crippen LogP contribution >= 0.6 is 23.1 Å². The standard InChI is InChI=1S/C18H18N2O4S2/c1-11-17(22)20-14-9-12(4-5-15(14)26-11)18(23)24-10-16(21)19-7-6-13-3-2-8-25-13/h2-5,8-9,11H,6-7,10H2,1H3,(H,19,21)(H,20,22). The van der Waals surface area contributed by atoms with Crippen LogP contribution in [0.4, 0.5) is 5.69 Å². The van der Waals surface area contributed by atoms with E-state index in [2.05, 4.69) is 10.6 Å². The molecule has 1 aromatic carbocycles. The molecule has 136 valence electrons. The molecule has 2 amide bonds. The third kappa shape index (κ3) is 4.64. The molecule has 8 heteroatoms. The van der Waals surface area contributed by atoms with Gasteiger partial charge in [0, 0.05) is 16.3 Å². The zero-order chi connectivity index (χ0) is 18.5. The zero-order valence-corrected chi connectivity index (χ0v) is 15.7. The highest BCUT2D eigenvalue weighted by Crippen LogP contribution is 2.35. The molecule has 0 bridgehead atoms. The van der Waals surface area contributed by atoms with Crippen molar-refractivity contribution in [1.82, 2.24) is 5.32 Å². The maximum atomic E-state index is 12.1. The Labute approximate surface area is 159 Å². The van der Waals surface area contributed by atoms with E-state index in [-0.39, 0.29) is 23.7 Å². The smallest absolute Gasteiger partial charge is 0.338 e. The normalized spacial score (nSPS) is 15.7. The van der Waals surface area contributed by atoms with Crippen molar-refractivity contribution in [2.24, 2.45) is 0 Å². The topological polar surface area (TPSA) is 84.5 Å². The lowest BCUT2D eigenvalue weighted by atomic mass is 10.2. The summed E-state index contributed by atoms with van der Waals surface area (Å²) in [5.74, 6) is -1.04. The number of amides is 2. The first-order valence-electron chi connectivity index (χ1n) is 8.10. The van der Waals surface area contributed by atoms with Crippen LogP contribution in [0, 0.1) is 0 Å². The van der Waals surface area contributed by atoms with E-state index < -0.39 is 5.97 Å². The van der Waals surface area contributed by atoms with Gasteiger partial charge in [0.05, 0.1) is 16.5 Å². The Morgan fingerprint density at radius 1 is 1.31 bits per heavy atom. The number of fused-ring (bicyclic) bond motifs is 1. The molecule has 2 heterocycles. The van der Waals surface area contributed by atoms with Crippen molar-refractivity contribution in [1.29, 1.82) is 0 Å². The molecular weight excluding hydrogens is 372 g/mol. The van der Waals surface area contributed by atoms with Crippen molar-refractivity contribution in [3.05, 3.63) is 46.2 Å². The van der Waals surface area contributed by atoms with E-state index in [1.54, 1.807) is 29.5 Å². The van der Waals surface area contributed by atoms with Crippen molar-refractivity contribution in [2.45, 2.75) is 23.5 Å². The van der Waals surface area contributed by atoms with Gasteiger partial charge in [0.15, 0.2) is 6.61 Å². The van der Waals surface area contributed by atoms with Gasteiger partial charge in [-0.2, -0.15) is 0 Å². The Balaban J connectivity index is 1.48. The highest BCUT2D eigenvalue weighted by Gasteiger charge is 2.24. The first-order chi connectivity index (χ1) is 12.5. The SMILES string of the molecule is CC1Sc2ccc(C(=O)OCC(=O)NCCc3cccs3)cc2NC1=O. The molecule has 2 aromatic rings. The Bertz CT molecular complexity index is 821. The molecule has 0 spiro atoms. The summed E-state index contributed by atoms with van der Waals surface area (Å²) in [6.07, 6.45) is 0.748. The number of rotatable bonds is 6. The second-order valence-corrected chi connectivity index (χ2v) is 8.13. The lowest BCUT2D eigenvalue weighted by Crippen LogP contribution is -2.30. The second-order valence-electron chi connectivity index (χ2n) is 5.72. The maximum absolute atomic E-state index is 12.1. The van der Waals surface area contributed by atoms with Gasteiger partial charge in [0.25, 0.3) is 5.91 Å². The van der Waals surface area contributed by atoms with Crippen molar-refractivity contribution in [3.63, 3.8) is 0 Å². The monoisotopic (exact) mass is 390 g/mol. The molecular formula is C18H18N2O4S2. The quantitative estimate of drug-likeness (QED) is 0.741. The molecule has 1 aliphatic heterocycles. The summed E-state index contributed by atoms with van der Waals surface area (Å²) < 4.78 is 5.05. The van der Waals surface area contributed by atoms with Crippen LogP contribution in [0.25, 0.3) is 0 Å². The number of benzene rings is 1. The second kappa shape index (κ2) is 8.37. The van der Waals surface area contributed by atoms with Crippen molar-refractivity contribution in [2.75, 3.05) is 18.5 Å². The average Bonchev–Trinajstić information content (AvgIpc) is 3.13. The predicted octanol–water partition coefficient (Wildman–Crippen LogP) is 2.70. The molecule has 1 aliphatic rings. The number of hydrogen-bond acceptors (Lipinski definition) is 6. The molecule has 1 aromatic heterocycles. The molecule has 1 atom stereocenters. The third-order valence-corrected chi connectivity index (χ3v) is 5.87. The summed E-state index contributed by atoms with van der Waals surface area (Å²) in [6.45, 7) is 1.98. The van der Waals surface area contributed by atoms with Gasteiger partial charge in [0.1, 0.15) is 0 Å². The van der Waals surface area contributed by atoms with Crippen LogP contribution in [0.3, 0.4) is 0 Å². The molecule has 0 aliphatic carbocycles. The van der Waals surface area contributed by atoms with E-state index in [1.807, 2.05) is 24.4 Å². The fourth-order valence-corrected chi connectivity index (χ4v) is 4.02. The summed E-state index contributed by atoms with van der Waals surface area (Å²) in [6, 6.07) is 8.94. The van der Waals surface area contributed by atoms with Crippen LogP contribution < -0.4 is 10.6 Å². The van der Waals surface area contributed by atoms with Crippen molar-refractivity contribution >= 4 is 46.6 Å². The summed E-state index contributed by atoms with van der Waals surface area (Å²) in [5.41, 5.74) is 0.888. The van der Waals surface area contributed by atoms with Crippen LogP contribution in [0.2, 0.25) is 0 Å². The minimum absolute atomic E-state index is 0.0989. The maximum Gasteiger partial charge on any atom is 0.338 e. The van der Waals surface area contributed by atoms with E-state index in [9.17, 15) is 14.4 Å². The van der Waals surface area contributed by atoms with Gasteiger partial charge in [-0.15, -0.1) is 23.1 Å². The summed E-state index contributed by atoms with van der Waals surface area (Å²) in [4.78, 5) is 37.7. The summed E-state index contributed by atoms with van der Waals surface area (Å²) in [5, 5.41) is 7.30. The Morgan fingerprint density at radius 2 is 2.15 bits per heavy atom. The first kappa shape index (κ1) is 18.5. The number of thiophene rings is 1. The van der Waals surface area contributed by atoms with Gasteiger partial charge in [0.2, 0.25) is 5.91 Å². The van der Waals surface area contributed by atoms with E-state index in [0.29, 0.717) is 17.8 Å². The molecule has 2 N–H and O–H groups in total. The molecule has 0 saturated heterocycles. The molecule has 6 nitrogen and oxygen atoms in total. The van der Waals surface area contributed by atoms with E-state index in [1.165, 1.54) is 16.6 Å². The summed E-state index contributed by atoms with van der Waals surface area (Å²) >= 11 is 3.07. The number of esters is 1. The van der Waals surface area contributed by atoms with Gasteiger partial charge < -0.3 is 15.4 Å². The van der Waals surface area contributed by atoms with E-state index in [0.717, 1.165) is 11.3 Å². The third-order valence-electron chi connectivity index (χ3n) is 3.75. The lowest BCUT2D eigenvalue weighted by Gasteiger charge is -2.21. The van der Waals surface area contributed by atoms with Gasteiger partial charge in [-0.25, -0.2) is 4.79 Å². The van der Waals surface area contributed by atoms with Gasteiger partial charge in [-0.3, -0.25) is 9.59 Å². The number of nitrogens with one attached hydrogen (secondary N) is 2. The molecule has 0 saturated carbocycles. The number of anilines is 1. The van der Waals surface area contributed by atoms with Gasteiger partial charge >= 0.3 is 5.97 Å². The molecule has 3 rings (SSSR count). The Hall–Kier alpha value is -2.32. The van der Waals surface area contributed by atoms with E-state index in [4.69, 9.17) is 4.74 Å². The molecule has 1 unspecified atom stereocenters. The highest BCUT2D eigenvalue weighted by atomic mass is 32.2. The number of thioether (sulfide) groups is 1. The number of ether oxygens (including phenoxy) is 1. The predicted molar refractivity (Wildman–Crippen MR) is 102 cm³/mol. The largest absolute Gasteiger partial charge is 0.452 e. The van der Waals surface area contributed by atoms with E-state index >= 15 is 0 Å². The summed E-state index contributed by atoms with van der Waals surface area (Å²) in [7, 11) is 0. The molecule has 0 radical (unpaired) electrons. The van der Waals surface area contributed by atoms with Crippen LogP contribution in [-0.2, 0) is 20.7 Å². The fraction of sp³-hybridized carbons (Fsp3) is 0.278. The average molecular weight is 390 g/mol. The Morgan fingerprint density at radius 3 is 2.92 bits per heavy atom. The molecule has 26 heavy (non-hydrogen) atoms. The lowest BCUT2D eigenvalue weighted by molar-refractivity contribution is -0.124. The van der Waals surface area contributed by atoms with Crippen molar-refractivity contribution < 1.29 is 19.1 Å². The zero-order valence-electron chi connectivity index (χ0n) is 14.1. The van der Waals surface area contributed by atoms with Crippen LogP contribution in [0.15, 0.2) is 40.6 Å². The van der Waals surface area contributed by atoms with Crippen LogP contribution in [0.5, 0.6) is 0 Å². The van der Waals surface area contributed by atoms with Crippen molar-refractivity contribution in [3.8, 4) is 0 Å². The fourth-order valence-electron chi connectivity index (χ4n) is 2.38. The van der Waals surface area contributed by atoms with Gasteiger partial charge in [-0.1, -0.05) is 6.07 Å². The van der Waals surface area contributed by atoms with Crippen LogP contribution in [0.1, 0.15) is 22.2 Å². The first-order valence-corrected chi connectivity index (χ1v) is 9.86. The van der Waals surface area contributed by atoms with Gasteiger partial charge in [-0.05, 0) is 43.0 Å². The highest BCUT2D eigenvalue weighted by molar-refractivity contribution is 8.00. The molecule has 0 fully saturated rings. The number of hydrogen-bond donors (Lipinski definition) is 2.